The van der Waals surface area contributed by atoms with Crippen LogP contribution in [-0.2, 0) is 0 Å². The molecule has 0 saturated carbocycles. The van der Waals surface area contributed by atoms with Crippen LogP contribution < -0.4 is 0 Å². The van der Waals surface area contributed by atoms with Crippen LogP contribution in [0.4, 0.5) is 0 Å². The fourth-order valence-corrected chi connectivity index (χ4v) is 2.69. The summed E-state index contributed by atoms with van der Waals surface area (Å²) < 4.78 is 2.06. The molecule has 0 aliphatic carbocycles. The van der Waals surface area contributed by atoms with E-state index in [1.165, 1.54) is 11.3 Å². The Kier molecular flexibility index (Phi) is 3.11. The van der Waals surface area contributed by atoms with Gasteiger partial charge in [-0.3, -0.25) is 4.79 Å². The number of carbonyl (C=O) groups is 1. The fraction of sp³-hybridized carbons (Fsp3) is 0.417. The zero-order valence-corrected chi connectivity index (χ0v) is 11.2. The van der Waals surface area contributed by atoms with Crippen molar-refractivity contribution in [1.82, 2.24) is 14.5 Å². The summed E-state index contributed by atoms with van der Waals surface area (Å²) in [6.45, 7) is 7.63. The summed E-state index contributed by atoms with van der Waals surface area (Å²) in [6, 6.07) is 0.331. The van der Waals surface area contributed by atoms with Crippen molar-refractivity contribution in [2.75, 3.05) is 0 Å². The second kappa shape index (κ2) is 4.41. The predicted octanol–water partition coefficient (Wildman–Crippen LogP) is 3.10. The lowest BCUT2D eigenvalue weighted by molar-refractivity contribution is 0.102. The van der Waals surface area contributed by atoms with Crippen LogP contribution >= 0.6 is 11.3 Å². The molecular formula is C12H15N3OS. The molecule has 4 nitrogen and oxygen atoms in total. The van der Waals surface area contributed by atoms with Gasteiger partial charge in [0.2, 0.25) is 0 Å². The highest BCUT2D eigenvalue weighted by atomic mass is 32.1. The maximum atomic E-state index is 11.4. The summed E-state index contributed by atoms with van der Waals surface area (Å²) in [6.07, 6.45) is 3.59. The SMILES string of the molecule is CC(=O)c1sc(-c2cncn2C(C)C)nc1C. The molecule has 0 aliphatic rings. The average molecular weight is 249 g/mol. The van der Waals surface area contributed by atoms with Gasteiger partial charge in [-0.25, -0.2) is 9.97 Å². The van der Waals surface area contributed by atoms with Crippen LogP contribution in [0.3, 0.4) is 0 Å². The monoisotopic (exact) mass is 249 g/mol. The lowest BCUT2D eigenvalue weighted by Crippen LogP contribution is -2.00. The summed E-state index contributed by atoms with van der Waals surface area (Å²) in [4.78, 5) is 20.8. The molecule has 5 heteroatoms. The summed E-state index contributed by atoms with van der Waals surface area (Å²) >= 11 is 1.44. The minimum Gasteiger partial charge on any atom is -0.326 e. The molecule has 0 aliphatic heterocycles. The minimum absolute atomic E-state index is 0.0712. The van der Waals surface area contributed by atoms with E-state index in [9.17, 15) is 4.79 Å². The van der Waals surface area contributed by atoms with Crippen molar-refractivity contribution < 1.29 is 4.79 Å². The van der Waals surface area contributed by atoms with Gasteiger partial charge in [0.25, 0.3) is 0 Å². The van der Waals surface area contributed by atoms with Crippen LogP contribution in [0, 0.1) is 6.92 Å². The zero-order valence-electron chi connectivity index (χ0n) is 10.4. The fourth-order valence-electron chi connectivity index (χ4n) is 1.71. The number of rotatable bonds is 3. The number of aromatic nitrogens is 3. The number of ketones is 1. The topological polar surface area (TPSA) is 47.8 Å². The Bertz CT molecular complexity index is 554. The molecule has 0 unspecified atom stereocenters. The summed E-state index contributed by atoms with van der Waals surface area (Å²) in [5.74, 6) is 0.0712. The molecule has 0 saturated heterocycles. The Morgan fingerprint density at radius 2 is 2.18 bits per heavy atom. The van der Waals surface area contributed by atoms with Gasteiger partial charge >= 0.3 is 0 Å². The molecule has 0 fully saturated rings. The standard InChI is InChI=1S/C12H15N3OS/c1-7(2)15-6-13-5-10(15)12-14-8(3)11(17-12)9(4)16/h5-7H,1-4H3. The van der Waals surface area contributed by atoms with E-state index < -0.39 is 0 Å². The Morgan fingerprint density at radius 3 is 2.71 bits per heavy atom. The number of Topliss-reactive ketones (excluding diaryl/α,β-unsaturated/α-hetero) is 1. The smallest absolute Gasteiger partial charge is 0.171 e. The molecule has 0 aromatic carbocycles. The largest absolute Gasteiger partial charge is 0.326 e. The summed E-state index contributed by atoms with van der Waals surface area (Å²) in [7, 11) is 0. The first-order chi connectivity index (χ1) is 8.00. The Hall–Kier alpha value is -1.49. The van der Waals surface area contributed by atoms with E-state index in [0.29, 0.717) is 6.04 Å². The minimum atomic E-state index is 0.0712. The number of hydrogen-bond acceptors (Lipinski definition) is 4. The predicted molar refractivity (Wildman–Crippen MR) is 68.5 cm³/mol. The van der Waals surface area contributed by atoms with E-state index in [1.54, 1.807) is 19.4 Å². The highest BCUT2D eigenvalue weighted by molar-refractivity contribution is 7.17. The number of nitrogens with zero attached hydrogens (tertiary/aromatic N) is 3. The molecule has 2 heterocycles. The molecule has 2 aromatic heterocycles. The van der Waals surface area contributed by atoms with Crippen LogP contribution in [0.2, 0.25) is 0 Å². The van der Waals surface area contributed by atoms with Gasteiger partial charge in [0, 0.05) is 13.0 Å². The molecule has 2 aromatic rings. The quantitative estimate of drug-likeness (QED) is 0.785. The highest BCUT2D eigenvalue weighted by Gasteiger charge is 2.16. The summed E-state index contributed by atoms with van der Waals surface area (Å²) in [5, 5.41) is 0.860. The van der Waals surface area contributed by atoms with Crippen LogP contribution in [0.5, 0.6) is 0 Å². The third-order valence-corrected chi connectivity index (χ3v) is 3.84. The van der Waals surface area contributed by atoms with Gasteiger partial charge in [-0.15, -0.1) is 11.3 Å². The van der Waals surface area contributed by atoms with Crippen LogP contribution in [0.25, 0.3) is 10.7 Å². The van der Waals surface area contributed by atoms with Gasteiger partial charge in [0.15, 0.2) is 5.78 Å². The highest BCUT2D eigenvalue weighted by Crippen LogP contribution is 2.29. The molecule has 0 atom stereocenters. The molecule has 0 spiro atoms. The van der Waals surface area contributed by atoms with Crippen molar-refractivity contribution >= 4 is 17.1 Å². The van der Waals surface area contributed by atoms with Crippen molar-refractivity contribution in [3.63, 3.8) is 0 Å². The number of thiazole rings is 1. The van der Waals surface area contributed by atoms with Gasteiger partial charge in [-0.2, -0.15) is 0 Å². The van der Waals surface area contributed by atoms with Gasteiger partial charge < -0.3 is 4.57 Å². The Morgan fingerprint density at radius 1 is 1.47 bits per heavy atom. The molecular weight excluding hydrogens is 234 g/mol. The van der Waals surface area contributed by atoms with Gasteiger partial charge in [-0.1, -0.05) is 0 Å². The second-order valence-corrected chi connectivity index (χ2v) is 5.27. The van der Waals surface area contributed by atoms with Crippen LogP contribution in [-0.4, -0.2) is 20.3 Å². The maximum absolute atomic E-state index is 11.4. The molecule has 0 bridgehead atoms. The molecule has 0 N–H and O–H groups in total. The molecule has 90 valence electrons. The van der Waals surface area contributed by atoms with Crippen molar-refractivity contribution in [1.29, 1.82) is 0 Å². The van der Waals surface area contributed by atoms with E-state index in [4.69, 9.17) is 0 Å². The van der Waals surface area contributed by atoms with E-state index >= 15 is 0 Å². The van der Waals surface area contributed by atoms with Gasteiger partial charge in [0.1, 0.15) is 5.01 Å². The lowest BCUT2D eigenvalue weighted by Gasteiger charge is -2.09. The van der Waals surface area contributed by atoms with Gasteiger partial charge in [-0.05, 0) is 20.8 Å². The number of aryl methyl sites for hydroxylation is 1. The molecule has 0 radical (unpaired) electrons. The van der Waals surface area contributed by atoms with E-state index in [0.717, 1.165) is 21.3 Å². The first-order valence-electron chi connectivity index (χ1n) is 5.51. The molecule has 2 rings (SSSR count). The number of carbonyl (C=O) groups excluding carboxylic acids is 1. The van der Waals surface area contributed by atoms with Crippen molar-refractivity contribution in [2.45, 2.75) is 33.7 Å². The van der Waals surface area contributed by atoms with Crippen LogP contribution in [0.15, 0.2) is 12.5 Å². The van der Waals surface area contributed by atoms with E-state index in [-0.39, 0.29) is 5.78 Å². The maximum Gasteiger partial charge on any atom is 0.171 e. The first-order valence-corrected chi connectivity index (χ1v) is 6.33. The average Bonchev–Trinajstić information content (AvgIpc) is 2.82. The third kappa shape index (κ3) is 2.15. The second-order valence-electron chi connectivity index (χ2n) is 4.27. The first kappa shape index (κ1) is 12.0. The normalized spacial score (nSPS) is 11.1. The van der Waals surface area contributed by atoms with E-state index in [2.05, 4.69) is 28.4 Å². The molecule has 17 heavy (non-hydrogen) atoms. The zero-order chi connectivity index (χ0) is 12.6. The van der Waals surface area contributed by atoms with E-state index in [1.807, 2.05) is 6.92 Å². The third-order valence-electron chi connectivity index (χ3n) is 2.56. The number of hydrogen-bond donors (Lipinski definition) is 0. The van der Waals surface area contributed by atoms with Crippen molar-refractivity contribution in [3.05, 3.63) is 23.1 Å². The molecule has 0 amide bonds. The van der Waals surface area contributed by atoms with Crippen molar-refractivity contribution in [3.8, 4) is 10.7 Å². The summed E-state index contributed by atoms with van der Waals surface area (Å²) in [5.41, 5.74) is 1.77. The Labute approximate surface area is 104 Å². The van der Waals surface area contributed by atoms with Crippen LogP contribution in [0.1, 0.15) is 42.2 Å². The Balaban J connectivity index is 2.50. The number of imidazole rings is 1. The van der Waals surface area contributed by atoms with Gasteiger partial charge in [0.05, 0.1) is 28.8 Å². The lowest BCUT2D eigenvalue weighted by atomic mass is 10.3. The van der Waals surface area contributed by atoms with Crippen molar-refractivity contribution in [2.24, 2.45) is 0 Å².